The molecule has 5 rings (SSSR count). The van der Waals surface area contributed by atoms with Crippen LogP contribution in [-0.2, 0) is 0 Å². The Kier molecular flexibility index (Phi) is 2.93. The fourth-order valence-corrected chi connectivity index (χ4v) is 3.78. The quantitative estimate of drug-likeness (QED) is 0.747. The molecule has 3 aromatic heterocycles. The molecule has 0 unspecified atom stereocenters. The second-order valence-electron chi connectivity index (χ2n) is 6.39. The van der Waals surface area contributed by atoms with Crippen LogP contribution in [0.2, 0.25) is 0 Å². The first-order valence-electron chi connectivity index (χ1n) is 8.07. The average Bonchev–Trinajstić information content (AvgIpc) is 3.36. The highest BCUT2D eigenvalue weighted by Crippen LogP contribution is 2.29. The number of amides is 1. The summed E-state index contributed by atoms with van der Waals surface area (Å²) < 4.78 is 7.09. The van der Waals surface area contributed by atoms with Crippen molar-refractivity contribution in [1.82, 2.24) is 30.4 Å². The predicted molar refractivity (Wildman–Crippen MR) is 84.7 cm³/mol. The van der Waals surface area contributed by atoms with Gasteiger partial charge in [0.2, 0.25) is 0 Å². The third-order valence-corrected chi connectivity index (χ3v) is 4.96. The molecular weight excluding hydrogens is 308 g/mol. The van der Waals surface area contributed by atoms with Crippen molar-refractivity contribution in [2.75, 3.05) is 0 Å². The zero-order valence-electron chi connectivity index (χ0n) is 12.8. The van der Waals surface area contributed by atoms with Gasteiger partial charge in [0.1, 0.15) is 30.3 Å². The van der Waals surface area contributed by atoms with Gasteiger partial charge in [-0.25, -0.2) is 14.6 Å². The number of rotatable bonds is 3. The van der Waals surface area contributed by atoms with E-state index in [1.807, 2.05) is 0 Å². The third-order valence-electron chi connectivity index (χ3n) is 4.96. The summed E-state index contributed by atoms with van der Waals surface area (Å²) in [6.45, 7) is 0. The molecule has 3 aromatic rings. The number of carbonyl (C=O) groups excluding carboxylic acids is 1. The number of nitrogens with one attached hydrogen (secondary N) is 2. The molecule has 2 bridgehead atoms. The van der Waals surface area contributed by atoms with Crippen LogP contribution in [0.15, 0.2) is 35.6 Å². The van der Waals surface area contributed by atoms with Crippen LogP contribution in [0.4, 0.5) is 0 Å². The molecule has 0 aromatic carbocycles. The van der Waals surface area contributed by atoms with E-state index < -0.39 is 0 Å². The Balaban J connectivity index is 1.44. The van der Waals surface area contributed by atoms with Crippen molar-refractivity contribution < 1.29 is 9.21 Å². The standard InChI is InChI=1S/C16H16N6O2/c23-16(21-12-3-9-1-2-11(12)20-9)13-4-10-14(22-8-17-7-19-22)6-24-15(10)5-18-13/h4-9,11-12,20H,1-3H2,(H,21,23)/t9-,11+,12-/m1/s1. The van der Waals surface area contributed by atoms with Crippen molar-refractivity contribution in [3.8, 4) is 5.69 Å². The Bertz CT molecular complexity index is 903. The molecule has 3 atom stereocenters. The zero-order chi connectivity index (χ0) is 16.1. The Labute approximate surface area is 137 Å². The molecule has 2 saturated heterocycles. The largest absolute Gasteiger partial charge is 0.460 e. The minimum atomic E-state index is -0.151. The summed E-state index contributed by atoms with van der Waals surface area (Å²) in [4.78, 5) is 20.7. The minimum absolute atomic E-state index is 0.151. The van der Waals surface area contributed by atoms with Crippen molar-refractivity contribution in [1.29, 1.82) is 0 Å². The fraction of sp³-hybridized carbons (Fsp3) is 0.375. The van der Waals surface area contributed by atoms with Crippen LogP contribution < -0.4 is 10.6 Å². The molecule has 2 aliphatic heterocycles. The molecule has 1 amide bonds. The van der Waals surface area contributed by atoms with Crippen molar-refractivity contribution in [2.45, 2.75) is 37.4 Å². The van der Waals surface area contributed by atoms with Crippen molar-refractivity contribution in [2.24, 2.45) is 0 Å². The predicted octanol–water partition coefficient (Wildman–Crippen LogP) is 1.03. The van der Waals surface area contributed by atoms with Gasteiger partial charge in [-0.1, -0.05) is 0 Å². The summed E-state index contributed by atoms with van der Waals surface area (Å²) in [6, 6.07) is 2.87. The second kappa shape index (κ2) is 5.13. The van der Waals surface area contributed by atoms with Gasteiger partial charge < -0.3 is 15.1 Å². The van der Waals surface area contributed by atoms with Gasteiger partial charge in [-0.3, -0.25) is 4.79 Å². The summed E-state index contributed by atoms with van der Waals surface area (Å²) >= 11 is 0. The number of hydrogen-bond donors (Lipinski definition) is 2. The van der Waals surface area contributed by atoms with Gasteiger partial charge in [-0.15, -0.1) is 0 Å². The summed E-state index contributed by atoms with van der Waals surface area (Å²) in [7, 11) is 0. The van der Waals surface area contributed by atoms with Crippen LogP contribution in [0.1, 0.15) is 29.8 Å². The SMILES string of the molecule is O=C(N[C@@H]1C[C@H]2CC[C@@H]1N2)c1cc2c(-n3cncn3)coc2cn1. The molecule has 2 fully saturated rings. The molecule has 2 aliphatic rings. The summed E-state index contributed by atoms with van der Waals surface area (Å²) in [5, 5.41) is 11.5. The number of furan rings is 1. The topological polar surface area (TPSA) is 97.9 Å². The van der Waals surface area contributed by atoms with E-state index >= 15 is 0 Å². The van der Waals surface area contributed by atoms with Gasteiger partial charge in [-0.2, -0.15) is 5.10 Å². The first-order valence-corrected chi connectivity index (χ1v) is 8.07. The molecule has 0 radical (unpaired) electrons. The molecule has 0 aliphatic carbocycles. The molecule has 24 heavy (non-hydrogen) atoms. The molecule has 0 saturated carbocycles. The van der Waals surface area contributed by atoms with Crippen LogP contribution in [0.25, 0.3) is 16.7 Å². The van der Waals surface area contributed by atoms with E-state index in [1.54, 1.807) is 29.5 Å². The molecule has 122 valence electrons. The highest BCUT2D eigenvalue weighted by molar-refractivity contribution is 5.97. The highest BCUT2D eigenvalue weighted by Gasteiger charge is 2.39. The van der Waals surface area contributed by atoms with Crippen LogP contribution in [0, 0.1) is 0 Å². The number of carbonyl (C=O) groups is 1. The van der Waals surface area contributed by atoms with Crippen LogP contribution in [-0.4, -0.2) is 43.8 Å². The average molecular weight is 324 g/mol. The summed E-state index contributed by atoms with van der Waals surface area (Å²) in [5.41, 5.74) is 1.73. The van der Waals surface area contributed by atoms with E-state index in [1.165, 1.54) is 12.7 Å². The highest BCUT2D eigenvalue weighted by atomic mass is 16.3. The first kappa shape index (κ1) is 13.7. The Hall–Kier alpha value is -2.74. The van der Waals surface area contributed by atoms with Crippen LogP contribution in [0.3, 0.4) is 0 Å². The van der Waals surface area contributed by atoms with Crippen molar-refractivity contribution in [3.05, 3.63) is 36.9 Å². The van der Waals surface area contributed by atoms with Gasteiger partial charge in [0.25, 0.3) is 5.91 Å². The maximum Gasteiger partial charge on any atom is 0.270 e. The maximum absolute atomic E-state index is 12.6. The lowest BCUT2D eigenvalue weighted by Crippen LogP contribution is -2.43. The lowest BCUT2D eigenvalue weighted by atomic mass is 9.95. The number of pyridine rings is 1. The summed E-state index contributed by atoms with van der Waals surface area (Å²) in [5.74, 6) is -0.151. The van der Waals surface area contributed by atoms with Gasteiger partial charge in [0, 0.05) is 18.1 Å². The zero-order valence-corrected chi connectivity index (χ0v) is 12.8. The van der Waals surface area contributed by atoms with Gasteiger partial charge in [0.05, 0.1) is 11.6 Å². The summed E-state index contributed by atoms with van der Waals surface area (Å²) in [6.07, 6.45) is 9.53. The fourth-order valence-electron chi connectivity index (χ4n) is 3.78. The molecule has 5 heterocycles. The lowest BCUT2D eigenvalue weighted by molar-refractivity contribution is 0.0926. The van der Waals surface area contributed by atoms with Gasteiger partial charge in [0.15, 0.2) is 5.58 Å². The van der Waals surface area contributed by atoms with E-state index in [-0.39, 0.29) is 11.9 Å². The number of fused-ring (bicyclic) bond motifs is 3. The lowest BCUT2D eigenvalue weighted by Gasteiger charge is -2.21. The molecule has 8 heteroatoms. The second-order valence-corrected chi connectivity index (χ2v) is 6.39. The Morgan fingerprint density at radius 3 is 3.12 bits per heavy atom. The normalized spacial score (nSPS) is 25.4. The van der Waals surface area contributed by atoms with E-state index in [4.69, 9.17) is 4.42 Å². The number of nitrogens with zero attached hydrogens (tertiary/aromatic N) is 4. The van der Waals surface area contributed by atoms with E-state index in [0.717, 1.165) is 23.9 Å². The number of hydrogen-bond acceptors (Lipinski definition) is 6. The number of aromatic nitrogens is 4. The van der Waals surface area contributed by atoms with Gasteiger partial charge >= 0.3 is 0 Å². The Morgan fingerprint density at radius 2 is 2.38 bits per heavy atom. The van der Waals surface area contributed by atoms with Crippen LogP contribution >= 0.6 is 0 Å². The van der Waals surface area contributed by atoms with Crippen molar-refractivity contribution in [3.63, 3.8) is 0 Å². The molecular formula is C16H16N6O2. The molecule has 2 N–H and O–H groups in total. The van der Waals surface area contributed by atoms with Crippen molar-refractivity contribution >= 4 is 16.9 Å². The van der Waals surface area contributed by atoms with Gasteiger partial charge in [-0.05, 0) is 25.3 Å². The smallest absolute Gasteiger partial charge is 0.270 e. The van der Waals surface area contributed by atoms with E-state index in [9.17, 15) is 4.79 Å². The first-order chi connectivity index (χ1) is 11.8. The van der Waals surface area contributed by atoms with E-state index in [2.05, 4.69) is 25.7 Å². The third kappa shape index (κ3) is 2.10. The van der Waals surface area contributed by atoms with Crippen LogP contribution in [0.5, 0.6) is 0 Å². The molecule has 0 spiro atoms. The minimum Gasteiger partial charge on any atom is -0.460 e. The maximum atomic E-state index is 12.6. The van der Waals surface area contributed by atoms with E-state index in [0.29, 0.717) is 23.4 Å². The monoisotopic (exact) mass is 324 g/mol. The molecule has 8 nitrogen and oxygen atoms in total. The Morgan fingerprint density at radius 1 is 1.42 bits per heavy atom.